The summed E-state index contributed by atoms with van der Waals surface area (Å²) in [5.74, 6) is 1.82. The number of hydrogen-bond acceptors (Lipinski definition) is 3. The lowest BCUT2D eigenvalue weighted by Crippen LogP contribution is -2.43. The third-order valence-electron chi connectivity index (χ3n) is 4.07. The molecule has 3 heteroatoms. The van der Waals surface area contributed by atoms with E-state index in [0.29, 0.717) is 12.6 Å². The van der Waals surface area contributed by atoms with Gasteiger partial charge in [0.25, 0.3) is 0 Å². The van der Waals surface area contributed by atoms with Gasteiger partial charge in [-0.15, -0.1) is 0 Å². The first-order valence-corrected chi connectivity index (χ1v) is 8.46. The van der Waals surface area contributed by atoms with Gasteiger partial charge in [0.1, 0.15) is 17.6 Å². The monoisotopic (exact) mass is 291 g/mol. The Morgan fingerprint density at radius 3 is 2.57 bits per heavy atom. The number of nitrogens with one attached hydrogen (secondary N) is 1. The second kappa shape index (κ2) is 8.93. The van der Waals surface area contributed by atoms with Crippen LogP contribution in [0.5, 0.6) is 11.5 Å². The van der Waals surface area contributed by atoms with Crippen LogP contribution < -0.4 is 14.8 Å². The molecule has 0 aliphatic heterocycles. The van der Waals surface area contributed by atoms with Crippen LogP contribution in [0, 0.1) is 0 Å². The fourth-order valence-corrected chi connectivity index (χ4v) is 3.07. The summed E-state index contributed by atoms with van der Waals surface area (Å²) in [5.41, 5.74) is 0. The molecule has 0 saturated heterocycles. The largest absolute Gasteiger partial charge is 0.494 e. The molecular weight excluding hydrogens is 262 g/mol. The van der Waals surface area contributed by atoms with E-state index in [1.165, 1.54) is 32.1 Å². The van der Waals surface area contributed by atoms with Gasteiger partial charge < -0.3 is 14.8 Å². The summed E-state index contributed by atoms with van der Waals surface area (Å²) < 4.78 is 11.9. The zero-order chi connectivity index (χ0) is 14.9. The van der Waals surface area contributed by atoms with E-state index in [2.05, 4.69) is 12.2 Å². The van der Waals surface area contributed by atoms with Crippen LogP contribution in [-0.4, -0.2) is 25.3 Å². The summed E-state index contributed by atoms with van der Waals surface area (Å²) in [4.78, 5) is 0. The fourth-order valence-electron chi connectivity index (χ4n) is 3.07. The van der Waals surface area contributed by atoms with Gasteiger partial charge in [0.15, 0.2) is 0 Å². The van der Waals surface area contributed by atoms with Crippen LogP contribution in [0.25, 0.3) is 0 Å². The number of benzene rings is 1. The summed E-state index contributed by atoms with van der Waals surface area (Å²) in [5, 5.41) is 3.61. The van der Waals surface area contributed by atoms with Crippen molar-refractivity contribution in [1.29, 1.82) is 0 Å². The molecular formula is C18H29NO2. The van der Waals surface area contributed by atoms with Crippen molar-refractivity contribution in [3.8, 4) is 11.5 Å². The number of likely N-dealkylation sites (N-methyl/N-ethyl adjacent to an activating group) is 1. The van der Waals surface area contributed by atoms with E-state index in [4.69, 9.17) is 9.47 Å². The van der Waals surface area contributed by atoms with Gasteiger partial charge in [-0.2, -0.15) is 0 Å². The van der Waals surface area contributed by atoms with E-state index < -0.39 is 0 Å². The molecule has 1 fully saturated rings. The molecule has 0 aromatic heterocycles. The van der Waals surface area contributed by atoms with E-state index in [0.717, 1.165) is 24.5 Å². The van der Waals surface area contributed by atoms with Crippen molar-refractivity contribution in [2.75, 3.05) is 13.2 Å². The molecule has 1 aliphatic carbocycles. The highest BCUT2D eigenvalue weighted by Gasteiger charge is 2.23. The Labute approximate surface area is 129 Å². The zero-order valence-electron chi connectivity index (χ0n) is 13.4. The molecule has 2 atom stereocenters. The Morgan fingerprint density at radius 2 is 1.81 bits per heavy atom. The summed E-state index contributed by atoms with van der Waals surface area (Å²) >= 11 is 0. The Morgan fingerprint density at radius 1 is 1.05 bits per heavy atom. The predicted octanol–water partition coefficient (Wildman–Crippen LogP) is 4.17. The smallest absolute Gasteiger partial charge is 0.123 e. The van der Waals surface area contributed by atoms with Crippen molar-refractivity contribution in [1.82, 2.24) is 5.32 Å². The van der Waals surface area contributed by atoms with E-state index in [1.54, 1.807) is 0 Å². The van der Waals surface area contributed by atoms with Gasteiger partial charge in [0.05, 0.1) is 6.61 Å². The van der Waals surface area contributed by atoms with Crippen molar-refractivity contribution >= 4 is 0 Å². The minimum Gasteiger partial charge on any atom is -0.494 e. The molecule has 21 heavy (non-hydrogen) atoms. The third kappa shape index (κ3) is 5.24. The van der Waals surface area contributed by atoms with Crippen LogP contribution in [-0.2, 0) is 0 Å². The second-order valence-corrected chi connectivity index (χ2v) is 5.72. The Hall–Kier alpha value is -1.22. The maximum atomic E-state index is 6.30. The topological polar surface area (TPSA) is 30.5 Å². The lowest BCUT2D eigenvalue weighted by molar-refractivity contribution is 0.127. The van der Waals surface area contributed by atoms with Crippen LogP contribution in [0.2, 0.25) is 0 Å². The van der Waals surface area contributed by atoms with Crippen molar-refractivity contribution in [3.63, 3.8) is 0 Å². The molecule has 1 aliphatic rings. The third-order valence-corrected chi connectivity index (χ3v) is 4.07. The molecule has 0 amide bonds. The van der Waals surface area contributed by atoms with Gasteiger partial charge >= 0.3 is 0 Å². The van der Waals surface area contributed by atoms with Gasteiger partial charge in [0, 0.05) is 12.1 Å². The van der Waals surface area contributed by atoms with Gasteiger partial charge in [-0.25, -0.2) is 0 Å². The molecule has 3 nitrogen and oxygen atoms in total. The SMILES string of the molecule is CCNC1CCCCCCC1Oc1cccc(OCC)c1. The molecule has 1 aromatic carbocycles. The van der Waals surface area contributed by atoms with Crippen molar-refractivity contribution in [3.05, 3.63) is 24.3 Å². The van der Waals surface area contributed by atoms with Crippen LogP contribution in [0.15, 0.2) is 24.3 Å². The van der Waals surface area contributed by atoms with Crippen LogP contribution in [0.1, 0.15) is 52.4 Å². The van der Waals surface area contributed by atoms with Gasteiger partial charge in [0.2, 0.25) is 0 Å². The van der Waals surface area contributed by atoms with Crippen molar-refractivity contribution in [2.45, 2.75) is 64.5 Å². The highest BCUT2D eigenvalue weighted by molar-refractivity contribution is 5.33. The molecule has 118 valence electrons. The van der Waals surface area contributed by atoms with Gasteiger partial charge in [-0.05, 0) is 44.9 Å². The minimum absolute atomic E-state index is 0.266. The summed E-state index contributed by atoms with van der Waals surface area (Å²) in [6, 6.07) is 8.49. The average Bonchev–Trinajstić information content (AvgIpc) is 2.47. The van der Waals surface area contributed by atoms with Crippen molar-refractivity contribution < 1.29 is 9.47 Å². The average molecular weight is 291 g/mol. The lowest BCUT2D eigenvalue weighted by atomic mass is 9.94. The molecule has 1 aromatic rings. The molecule has 2 unspecified atom stereocenters. The maximum Gasteiger partial charge on any atom is 0.123 e. The Kier molecular flexibility index (Phi) is 6.87. The fraction of sp³-hybridized carbons (Fsp3) is 0.667. The number of ether oxygens (including phenoxy) is 2. The minimum atomic E-state index is 0.266. The highest BCUT2D eigenvalue weighted by Crippen LogP contribution is 2.25. The van der Waals surface area contributed by atoms with Gasteiger partial charge in [-0.1, -0.05) is 32.3 Å². The molecule has 1 saturated carbocycles. The van der Waals surface area contributed by atoms with Crippen LogP contribution in [0.4, 0.5) is 0 Å². The van der Waals surface area contributed by atoms with Crippen LogP contribution in [0.3, 0.4) is 0 Å². The summed E-state index contributed by atoms with van der Waals surface area (Å²) in [7, 11) is 0. The highest BCUT2D eigenvalue weighted by atomic mass is 16.5. The molecule has 0 radical (unpaired) electrons. The maximum absolute atomic E-state index is 6.30. The molecule has 0 heterocycles. The molecule has 0 spiro atoms. The molecule has 0 bridgehead atoms. The molecule has 1 N–H and O–H groups in total. The number of rotatable bonds is 6. The quantitative estimate of drug-likeness (QED) is 0.853. The van der Waals surface area contributed by atoms with E-state index in [9.17, 15) is 0 Å². The summed E-state index contributed by atoms with van der Waals surface area (Å²) in [6.07, 6.45) is 7.86. The predicted molar refractivity (Wildman–Crippen MR) is 87.2 cm³/mol. The van der Waals surface area contributed by atoms with E-state index in [1.807, 2.05) is 31.2 Å². The van der Waals surface area contributed by atoms with Crippen molar-refractivity contribution in [2.24, 2.45) is 0 Å². The van der Waals surface area contributed by atoms with Gasteiger partial charge in [-0.3, -0.25) is 0 Å². The first-order valence-electron chi connectivity index (χ1n) is 8.46. The zero-order valence-corrected chi connectivity index (χ0v) is 13.4. The first kappa shape index (κ1) is 16.2. The molecule has 2 rings (SSSR count). The first-order chi connectivity index (χ1) is 10.3. The standard InChI is InChI=1S/C18H29NO2/c1-3-19-17-12-7-5-6-8-13-18(17)21-16-11-9-10-15(14-16)20-4-2/h9-11,14,17-19H,3-8,12-13H2,1-2H3. The van der Waals surface area contributed by atoms with E-state index in [-0.39, 0.29) is 6.10 Å². The normalized spacial score (nSPS) is 23.1. The second-order valence-electron chi connectivity index (χ2n) is 5.72. The Balaban J connectivity index is 2.03. The van der Waals surface area contributed by atoms with E-state index >= 15 is 0 Å². The lowest BCUT2D eigenvalue weighted by Gasteiger charge is -2.30. The Bertz CT molecular complexity index is 408. The summed E-state index contributed by atoms with van der Waals surface area (Å²) in [6.45, 7) is 5.87. The number of hydrogen-bond donors (Lipinski definition) is 1. The van der Waals surface area contributed by atoms with Crippen LogP contribution >= 0.6 is 0 Å².